The molecule has 0 saturated heterocycles. The van der Waals surface area contributed by atoms with E-state index in [1.165, 1.54) is 14.1 Å². The lowest BCUT2D eigenvalue weighted by Crippen LogP contribution is -3.00. The summed E-state index contributed by atoms with van der Waals surface area (Å²) in [6.45, 7) is -1.10. The molecule has 0 saturated carbocycles. The van der Waals surface area contributed by atoms with Crippen LogP contribution in [0.1, 0.15) is 6.42 Å². The first-order valence-corrected chi connectivity index (χ1v) is 8.11. The summed E-state index contributed by atoms with van der Waals surface area (Å²) in [7, 11) is 3.01. The zero-order valence-electron chi connectivity index (χ0n) is 16.1. The van der Waals surface area contributed by atoms with Crippen LogP contribution < -0.4 is 17.7 Å². The first-order valence-electron chi connectivity index (χ1n) is 8.11. The number of halogens is 14. The fraction of sp³-hybridized carbons (Fsp3) is 0.929. The molecule has 0 bridgehead atoms. The third-order valence-corrected chi connectivity index (χ3v) is 4.15. The molecule has 0 rings (SSSR count). The molecule has 0 aromatic carbocycles. The van der Waals surface area contributed by atoms with Crippen molar-refractivity contribution in [2.75, 3.05) is 40.3 Å². The summed E-state index contributed by atoms with van der Waals surface area (Å²) in [6, 6.07) is 0. The van der Waals surface area contributed by atoms with Crippen molar-refractivity contribution in [2.45, 2.75) is 42.2 Å². The van der Waals surface area contributed by atoms with Gasteiger partial charge in [-0.25, -0.2) is 0 Å². The highest BCUT2D eigenvalue weighted by molar-refractivity contribution is 5.84. The van der Waals surface area contributed by atoms with E-state index in [4.69, 9.17) is 5.11 Å². The van der Waals surface area contributed by atoms with Crippen molar-refractivity contribution < 1.29 is 83.9 Å². The molecule has 0 spiro atoms. The zero-order valence-corrected chi connectivity index (χ0v) is 16.9. The van der Waals surface area contributed by atoms with Crippen LogP contribution in [0.3, 0.4) is 0 Å². The number of nitrogens with zero attached hydrogens (tertiary/aromatic N) is 1. The summed E-state index contributed by atoms with van der Waals surface area (Å²) < 4.78 is 168. The largest absolute Gasteiger partial charge is 1.00 e. The highest BCUT2D eigenvalue weighted by Gasteiger charge is 2.91. The quantitative estimate of drug-likeness (QED) is 0.230. The van der Waals surface area contributed by atoms with Crippen LogP contribution in [0.5, 0.6) is 0 Å². The number of alkyl halides is 13. The van der Waals surface area contributed by atoms with Crippen LogP contribution >= 0.6 is 0 Å². The molecule has 0 aliphatic rings. The lowest BCUT2D eigenvalue weighted by atomic mass is 9.93. The first-order chi connectivity index (χ1) is 13.4. The number of hydrogen-bond donors (Lipinski definition) is 2. The lowest BCUT2D eigenvalue weighted by molar-refractivity contribution is -0.890. The van der Waals surface area contributed by atoms with E-state index < -0.39 is 48.2 Å². The SMILES string of the molecule is C[N+](C)(CCO)CCCNC(=O)C(F)(F)C(F)(F)C(F)(F)C(F)(F)C(F)(F)C(F)(F)F.[Cl-]. The van der Waals surface area contributed by atoms with E-state index in [1.54, 1.807) is 0 Å². The Labute approximate surface area is 178 Å². The minimum atomic E-state index is -8.04. The smallest absolute Gasteiger partial charge is 0.460 e. The van der Waals surface area contributed by atoms with Gasteiger partial charge in [0.1, 0.15) is 6.54 Å². The highest BCUT2D eigenvalue weighted by atomic mass is 35.5. The Bertz CT molecular complexity index is 639. The number of nitrogens with one attached hydrogen (secondary N) is 1. The normalized spacial score (nSPS) is 14.8. The Balaban J connectivity index is 0. The Hall–Kier alpha value is -1.23. The van der Waals surface area contributed by atoms with Gasteiger partial charge >= 0.3 is 35.8 Å². The van der Waals surface area contributed by atoms with Crippen molar-refractivity contribution in [3.63, 3.8) is 0 Å². The van der Waals surface area contributed by atoms with Gasteiger partial charge in [-0.3, -0.25) is 4.79 Å². The van der Waals surface area contributed by atoms with Crippen LogP contribution in [-0.2, 0) is 4.79 Å². The summed E-state index contributed by atoms with van der Waals surface area (Å²) in [6.07, 6.45) is -7.79. The van der Waals surface area contributed by atoms with Crippen LogP contribution in [0.4, 0.5) is 57.1 Å². The van der Waals surface area contributed by atoms with Gasteiger partial charge in [-0.1, -0.05) is 0 Å². The number of rotatable bonds is 11. The maximum Gasteiger partial charge on any atom is 0.460 e. The Morgan fingerprint density at radius 2 is 1.16 bits per heavy atom. The van der Waals surface area contributed by atoms with Gasteiger partial charge in [0.15, 0.2) is 0 Å². The van der Waals surface area contributed by atoms with E-state index in [2.05, 4.69) is 0 Å². The average molecular weight is 529 g/mol. The number of likely N-dealkylation sites (N-methyl/N-ethyl adjacent to an activating group) is 1. The van der Waals surface area contributed by atoms with Crippen molar-refractivity contribution in [2.24, 2.45) is 0 Å². The van der Waals surface area contributed by atoms with Crippen molar-refractivity contribution >= 4 is 5.91 Å². The molecule has 0 aliphatic carbocycles. The summed E-state index contributed by atoms with van der Waals surface area (Å²) >= 11 is 0. The van der Waals surface area contributed by atoms with Gasteiger partial charge in [0.25, 0.3) is 5.91 Å². The standard InChI is InChI=1S/C14H17F13N2O2.ClH/c1-29(2,6-7-30)5-3-4-28-8(31)9(15,16)10(17,18)11(19,20)12(21,22)13(23,24)14(25,26)27;/h30H,3-7H2,1-2H3;1H. The van der Waals surface area contributed by atoms with E-state index in [0.29, 0.717) is 0 Å². The van der Waals surface area contributed by atoms with E-state index >= 15 is 0 Å². The van der Waals surface area contributed by atoms with Crippen LogP contribution in [0.15, 0.2) is 0 Å². The molecule has 0 aromatic heterocycles. The fourth-order valence-corrected chi connectivity index (χ4v) is 2.11. The van der Waals surface area contributed by atoms with Crippen molar-refractivity contribution in [3.05, 3.63) is 0 Å². The molecule has 194 valence electrons. The molecule has 0 aromatic rings. The van der Waals surface area contributed by atoms with Gasteiger partial charge in [0, 0.05) is 13.0 Å². The number of carbonyl (C=O) groups is 1. The Morgan fingerprint density at radius 1 is 0.750 bits per heavy atom. The molecule has 0 unspecified atom stereocenters. The summed E-state index contributed by atoms with van der Waals surface area (Å²) in [5.74, 6) is -41.6. The minimum Gasteiger partial charge on any atom is -1.00 e. The number of hydrogen-bond acceptors (Lipinski definition) is 2. The fourth-order valence-electron chi connectivity index (χ4n) is 2.11. The highest BCUT2D eigenvalue weighted by Crippen LogP contribution is 2.60. The molecule has 4 nitrogen and oxygen atoms in total. The predicted octanol–water partition coefficient (Wildman–Crippen LogP) is 0.304. The van der Waals surface area contributed by atoms with Gasteiger partial charge in [-0.05, 0) is 0 Å². The number of carbonyl (C=O) groups excluding carboxylic acids is 1. The average Bonchev–Trinajstić information content (AvgIpc) is 2.56. The first kappa shape index (κ1) is 32.9. The monoisotopic (exact) mass is 528 g/mol. The van der Waals surface area contributed by atoms with Gasteiger partial charge < -0.3 is 27.3 Å². The van der Waals surface area contributed by atoms with Crippen LogP contribution in [0, 0.1) is 0 Å². The molecule has 0 fully saturated rings. The Morgan fingerprint density at radius 3 is 1.53 bits per heavy atom. The van der Waals surface area contributed by atoms with Gasteiger partial charge in [0.2, 0.25) is 0 Å². The molecule has 0 atom stereocenters. The van der Waals surface area contributed by atoms with Gasteiger partial charge in [-0.15, -0.1) is 0 Å². The second-order valence-corrected chi connectivity index (χ2v) is 7.09. The van der Waals surface area contributed by atoms with Gasteiger partial charge in [-0.2, -0.15) is 57.1 Å². The molecule has 0 aliphatic heterocycles. The molecule has 0 radical (unpaired) electrons. The number of aliphatic hydroxyl groups is 1. The molecule has 32 heavy (non-hydrogen) atoms. The lowest BCUT2D eigenvalue weighted by Gasteiger charge is -2.39. The number of amides is 1. The van der Waals surface area contributed by atoms with Crippen molar-refractivity contribution in [1.29, 1.82) is 0 Å². The third kappa shape index (κ3) is 5.81. The predicted molar refractivity (Wildman–Crippen MR) is 77.3 cm³/mol. The molecule has 18 heteroatoms. The topological polar surface area (TPSA) is 49.3 Å². The van der Waals surface area contributed by atoms with E-state index in [0.717, 1.165) is 5.32 Å². The summed E-state index contributed by atoms with van der Waals surface area (Å²) in [5.41, 5.74) is 0. The van der Waals surface area contributed by atoms with E-state index in [-0.39, 0.29) is 43.0 Å². The molecule has 1 amide bonds. The number of aliphatic hydroxyl groups excluding tert-OH is 1. The van der Waals surface area contributed by atoms with E-state index in [9.17, 15) is 61.9 Å². The molecule has 2 N–H and O–H groups in total. The van der Waals surface area contributed by atoms with Crippen molar-refractivity contribution in [1.82, 2.24) is 5.32 Å². The number of quaternary nitrogens is 1. The second-order valence-electron chi connectivity index (χ2n) is 7.09. The van der Waals surface area contributed by atoms with Crippen LogP contribution in [0.25, 0.3) is 0 Å². The maximum absolute atomic E-state index is 13.5. The zero-order chi connectivity index (χ0) is 25.3. The van der Waals surface area contributed by atoms with Crippen molar-refractivity contribution in [3.8, 4) is 0 Å². The van der Waals surface area contributed by atoms with Crippen LogP contribution in [0.2, 0.25) is 0 Å². The molecular weight excluding hydrogens is 511 g/mol. The molecule has 0 heterocycles. The molecular formula is C14H18ClF13N2O2. The minimum absolute atomic E-state index is 0. The Kier molecular flexibility index (Phi) is 10.2. The third-order valence-electron chi connectivity index (χ3n) is 4.15. The summed E-state index contributed by atoms with van der Waals surface area (Å²) in [5, 5.41) is 9.78. The maximum atomic E-state index is 13.5. The van der Waals surface area contributed by atoms with E-state index in [1.807, 2.05) is 0 Å². The van der Waals surface area contributed by atoms with Gasteiger partial charge in [0.05, 0.1) is 27.2 Å². The second kappa shape index (κ2) is 9.95. The van der Waals surface area contributed by atoms with Crippen LogP contribution in [-0.4, -0.2) is 91.6 Å². The summed E-state index contributed by atoms with van der Waals surface area (Å²) in [4.78, 5) is 11.2.